The monoisotopic (exact) mass is 213 g/mol. The summed E-state index contributed by atoms with van der Waals surface area (Å²) in [4.78, 5) is 0.217. The van der Waals surface area contributed by atoms with Gasteiger partial charge < -0.3 is 5.84 Å². The summed E-state index contributed by atoms with van der Waals surface area (Å²) in [5.74, 6) is 4.95. The zero-order chi connectivity index (χ0) is 10.6. The molecule has 14 heavy (non-hydrogen) atoms. The van der Waals surface area contributed by atoms with Crippen LogP contribution in [-0.2, 0) is 10.0 Å². The van der Waals surface area contributed by atoms with Crippen LogP contribution in [0.25, 0.3) is 0 Å². The molecule has 0 bridgehead atoms. The van der Waals surface area contributed by atoms with Crippen molar-refractivity contribution in [1.29, 1.82) is 0 Å². The van der Waals surface area contributed by atoms with Gasteiger partial charge in [-0.15, -0.1) is 0 Å². The molecule has 1 rings (SSSR count). The minimum Gasteiger partial charge on any atom is -0.323 e. The Hall–Kier alpha value is -1.40. The van der Waals surface area contributed by atoms with E-state index in [4.69, 9.17) is 5.84 Å². The standard InChI is InChI=1S/C8H11N3O2S/c1-10-14(12,13)8-4-2-7(3-5-8)6-11-9/h2-6,10H,9H2,1H3. The number of rotatable bonds is 3. The summed E-state index contributed by atoms with van der Waals surface area (Å²) in [6.07, 6.45) is 1.44. The molecular weight excluding hydrogens is 202 g/mol. The predicted molar refractivity (Wildman–Crippen MR) is 54.5 cm³/mol. The van der Waals surface area contributed by atoms with Gasteiger partial charge in [0.25, 0.3) is 0 Å². The van der Waals surface area contributed by atoms with Crippen LogP contribution in [0.4, 0.5) is 0 Å². The molecule has 0 saturated carbocycles. The normalized spacial score (nSPS) is 12.1. The summed E-state index contributed by atoms with van der Waals surface area (Å²) in [5, 5.41) is 3.33. The first-order valence-corrected chi connectivity index (χ1v) is 5.35. The highest BCUT2D eigenvalue weighted by Gasteiger charge is 2.09. The molecule has 0 aliphatic rings. The zero-order valence-electron chi connectivity index (χ0n) is 7.64. The molecule has 0 atom stereocenters. The van der Waals surface area contributed by atoms with Crippen molar-refractivity contribution in [2.45, 2.75) is 4.90 Å². The minimum atomic E-state index is -3.36. The summed E-state index contributed by atoms with van der Waals surface area (Å²) in [6.45, 7) is 0. The van der Waals surface area contributed by atoms with Crippen LogP contribution in [-0.4, -0.2) is 21.7 Å². The lowest BCUT2D eigenvalue weighted by molar-refractivity contribution is 0.588. The first-order chi connectivity index (χ1) is 6.60. The number of nitrogens with one attached hydrogen (secondary N) is 1. The highest BCUT2D eigenvalue weighted by atomic mass is 32.2. The number of hydrogen-bond acceptors (Lipinski definition) is 4. The summed E-state index contributed by atoms with van der Waals surface area (Å²) in [6, 6.07) is 6.23. The molecular formula is C8H11N3O2S. The van der Waals surface area contributed by atoms with Gasteiger partial charge in [0.2, 0.25) is 10.0 Å². The topological polar surface area (TPSA) is 84.5 Å². The molecule has 0 fully saturated rings. The van der Waals surface area contributed by atoms with Crippen molar-refractivity contribution < 1.29 is 8.42 Å². The summed E-state index contributed by atoms with van der Waals surface area (Å²) < 4.78 is 24.8. The average molecular weight is 213 g/mol. The van der Waals surface area contributed by atoms with Crippen molar-refractivity contribution in [3.8, 4) is 0 Å². The van der Waals surface area contributed by atoms with E-state index < -0.39 is 10.0 Å². The Labute approximate surface area is 82.7 Å². The molecule has 0 amide bonds. The molecule has 0 aliphatic carbocycles. The summed E-state index contributed by atoms with van der Waals surface area (Å²) in [5.41, 5.74) is 0.752. The number of hydrazone groups is 1. The Morgan fingerprint density at radius 1 is 1.36 bits per heavy atom. The van der Waals surface area contributed by atoms with Crippen molar-refractivity contribution in [2.75, 3.05) is 7.05 Å². The van der Waals surface area contributed by atoms with E-state index in [1.165, 1.54) is 25.4 Å². The van der Waals surface area contributed by atoms with Crippen molar-refractivity contribution >= 4 is 16.2 Å². The van der Waals surface area contributed by atoms with Crippen LogP contribution in [0.15, 0.2) is 34.3 Å². The molecule has 0 aliphatic heterocycles. The number of hydrogen-bond donors (Lipinski definition) is 2. The molecule has 3 N–H and O–H groups in total. The molecule has 1 aromatic rings. The van der Waals surface area contributed by atoms with Gasteiger partial charge in [0.1, 0.15) is 0 Å². The van der Waals surface area contributed by atoms with Crippen molar-refractivity contribution in [3.05, 3.63) is 29.8 Å². The Bertz CT molecular complexity index is 422. The second-order valence-corrected chi connectivity index (χ2v) is 4.44. The molecule has 0 aromatic heterocycles. The first kappa shape index (κ1) is 10.7. The van der Waals surface area contributed by atoms with E-state index in [1.54, 1.807) is 12.1 Å². The molecule has 76 valence electrons. The van der Waals surface area contributed by atoms with Gasteiger partial charge in [-0.25, -0.2) is 13.1 Å². The van der Waals surface area contributed by atoms with E-state index in [1.807, 2.05) is 0 Å². The summed E-state index contributed by atoms with van der Waals surface area (Å²) >= 11 is 0. The van der Waals surface area contributed by atoms with Gasteiger partial charge in [-0.3, -0.25) is 0 Å². The lowest BCUT2D eigenvalue weighted by Gasteiger charge is -2.01. The molecule has 0 unspecified atom stereocenters. The smallest absolute Gasteiger partial charge is 0.240 e. The van der Waals surface area contributed by atoms with Crippen LogP contribution in [0.1, 0.15) is 5.56 Å². The minimum absolute atomic E-state index is 0.217. The maximum absolute atomic E-state index is 11.3. The van der Waals surface area contributed by atoms with Crippen molar-refractivity contribution in [2.24, 2.45) is 10.9 Å². The Balaban J connectivity index is 3.06. The third-order valence-electron chi connectivity index (χ3n) is 1.68. The fourth-order valence-electron chi connectivity index (χ4n) is 0.937. The molecule has 0 radical (unpaired) electrons. The number of nitrogens with zero attached hydrogens (tertiary/aromatic N) is 1. The predicted octanol–water partition coefficient (Wildman–Crippen LogP) is -0.113. The Morgan fingerprint density at radius 2 is 1.93 bits per heavy atom. The van der Waals surface area contributed by atoms with Crippen LogP contribution in [0, 0.1) is 0 Å². The molecule has 0 heterocycles. The highest BCUT2D eigenvalue weighted by molar-refractivity contribution is 7.89. The van der Waals surface area contributed by atoms with E-state index in [0.717, 1.165) is 5.56 Å². The number of sulfonamides is 1. The van der Waals surface area contributed by atoms with E-state index in [2.05, 4.69) is 9.82 Å². The highest BCUT2D eigenvalue weighted by Crippen LogP contribution is 2.08. The van der Waals surface area contributed by atoms with E-state index in [-0.39, 0.29) is 4.90 Å². The molecule has 0 saturated heterocycles. The van der Waals surface area contributed by atoms with Crippen LogP contribution in [0.5, 0.6) is 0 Å². The molecule has 5 nitrogen and oxygen atoms in total. The van der Waals surface area contributed by atoms with Gasteiger partial charge in [-0.1, -0.05) is 12.1 Å². The quantitative estimate of drug-likeness (QED) is 0.417. The van der Waals surface area contributed by atoms with Gasteiger partial charge in [0.05, 0.1) is 11.1 Å². The van der Waals surface area contributed by atoms with Crippen molar-refractivity contribution in [3.63, 3.8) is 0 Å². The molecule has 1 aromatic carbocycles. The Kier molecular flexibility index (Phi) is 3.21. The van der Waals surface area contributed by atoms with E-state index in [9.17, 15) is 8.42 Å². The van der Waals surface area contributed by atoms with E-state index >= 15 is 0 Å². The van der Waals surface area contributed by atoms with Gasteiger partial charge >= 0.3 is 0 Å². The van der Waals surface area contributed by atoms with Crippen LogP contribution >= 0.6 is 0 Å². The van der Waals surface area contributed by atoms with Gasteiger partial charge in [-0.2, -0.15) is 5.10 Å². The lowest BCUT2D eigenvalue weighted by Crippen LogP contribution is -2.18. The maximum Gasteiger partial charge on any atom is 0.240 e. The zero-order valence-corrected chi connectivity index (χ0v) is 8.45. The second-order valence-electron chi connectivity index (χ2n) is 2.55. The Morgan fingerprint density at radius 3 is 2.36 bits per heavy atom. The van der Waals surface area contributed by atoms with Gasteiger partial charge in [-0.05, 0) is 24.7 Å². The number of benzene rings is 1. The maximum atomic E-state index is 11.3. The lowest BCUT2D eigenvalue weighted by atomic mass is 10.2. The molecule has 6 heteroatoms. The average Bonchev–Trinajstić information content (AvgIpc) is 2.19. The largest absolute Gasteiger partial charge is 0.323 e. The fraction of sp³-hybridized carbons (Fsp3) is 0.125. The number of nitrogens with two attached hydrogens (primary N) is 1. The van der Waals surface area contributed by atoms with Crippen LogP contribution in [0.2, 0.25) is 0 Å². The van der Waals surface area contributed by atoms with Crippen LogP contribution < -0.4 is 10.6 Å². The molecule has 0 spiro atoms. The SMILES string of the molecule is CNS(=O)(=O)c1ccc(C=NN)cc1. The van der Waals surface area contributed by atoms with Crippen LogP contribution in [0.3, 0.4) is 0 Å². The van der Waals surface area contributed by atoms with Gasteiger partial charge in [0, 0.05) is 0 Å². The fourth-order valence-corrected chi connectivity index (χ4v) is 1.67. The van der Waals surface area contributed by atoms with E-state index in [0.29, 0.717) is 0 Å². The first-order valence-electron chi connectivity index (χ1n) is 3.87. The third-order valence-corrected chi connectivity index (χ3v) is 3.11. The second kappa shape index (κ2) is 4.21. The van der Waals surface area contributed by atoms with Gasteiger partial charge in [0.15, 0.2) is 0 Å². The summed E-state index contributed by atoms with van der Waals surface area (Å²) in [7, 11) is -1.99. The third kappa shape index (κ3) is 2.30. The van der Waals surface area contributed by atoms with Crippen molar-refractivity contribution in [1.82, 2.24) is 4.72 Å².